The Balaban J connectivity index is 0.000000163. The second kappa shape index (κ2) is 13.7. The summed E-state index contributed by atoms with van der Waals surface area (Å²) in [6, 6.07) is 23.2. The van der Waals surface area contributed by atoms with Crippen LogP contribution in [0.4, 0.5) is 0 Å². The van der Waals surface area contributed by atoms with Crippen LogP contribution in [0.25, 0.3) is 21.7 Å². The highest BCUT2D eigenvalue weighted by Crippen LogP contribution is 2.23. The Labute approximate surface area is 265 Å². The molecule has 0 fully saturated rings. The summed E-state index contributed by atoms with van der Waals surface area (Å²) in [5.41, 5.74) is 1.97. The van der Waals surface area contributed by atoms with Crippen molar-refractivity contribution in [1.82, 2.24) is 28.7 Å². The normalized spacial score (nSPS) is 12.1. The Morgan fingerprint density at radius 2 is 0.955 bits per heavy atom. The molecule has 6 rings (SSSR count). The number of nitrogens with zero attached hydrogens (tertiary/aromatic N) is 6. The number of hydrogen-bond acceptors (Lipinski definition) is 2. The third kappa shape index (κ3) is 9.73. The van der Waals surface area contributed by atoms with Crippen LogP contribution in [-0.2, 0) is 22.2 Å². The predicted molar refractivity (Wildman–Crippen MR) is 188 cm³/mol. The Hall–Kier alpha value is -4.06. The van der Waals surface area contributed by atoms with Crippen molar-refractivity contribution in [3.63, 3.8) is 0 Å². The van der Waals surface area contributed by atoms with E-state index >= 15 is 0 Å². The molecule has 0 aliphatic rings. The lowest BCUT2D eigenvalue weighted by atomic mass is 10.1. The van der Waals surface area contributed by atoms with Crippen molar-refractivity contribution in [3.05, 3.63) is 110 Å². The minimum Gasteiger partial charge on any atom is -0.349 e. The van der Waals surface area contributed by atoms with Gasteiger partial charge in [-0.1, -0.05) is 47.7 Å². The zero-order valence-corrected chi connectivity index (χ0v) is 29.1. The quantitative estimate of drug-likeness (QED) is 0.176. The van der Waals surface area contributed by atoms with Gasteiger partial charge in [-0.3, -0.25) is 0 Å². The molecule has 0 bridgehead atoms. The fraction of sp³-hybridized carbons (Fsp3) is 0.421. The first-order valence-electron chi connectivity index (χ1n) is 15.5. The maximum Gasteiger partial charge on any atom is 0.0693 e. The fourth-order valence-corrected chi connectivity index (χ4v) is 4.49. The van der Waals surface area contributed by atoms with E-state index in [2.05, 4.69) is 193 Å². The molecule has 0 radical (unpaired) electrons. The Morgan fingerprint density at radius 3 is 1.34 bits per heavy atom. The van der Waals surface area contributed by atoms with Gasteiger partial charge in [-0.15, -0.1) is 5.10 Å². The SMILES string of the molecule is CC(C)(C)n1cc2ccccc2c1.CC(C)(C)n1ccc2ccccc21.CC(C)(C)n1cccc1.CC(C)(C)n1ccnn1. The maximum atomic E-state index is 3.85. The van der Waals surface area contributed by atoms with Crippen molar-refractivity contribution < 1.29 is 0 Å². The molecule has 6 nitrogen and oxygen atoms in total. The minimum absolute atomic E-state index is 0.0660. The van der Waals surface area contributed by atoms with E-state index in [1.165, 1.54) is 21.7 Å². The Morgan fingerprint density at radius 1 is 0.455 bits per heavy atom. The third-order valence-corrected chi connectivity index (χ3v) is 7.14. The van der Waals surface area contributed by atoms with Crippen molar-refractivity contribution in [2.75, 3.05) is 0 Å². The summed E-state index contributed by atoms with van der Waals surface area (Å²) in [5, 5.41) is 11.5. The molecular weight excluding hydrogens is 540 g/mol. The van der Waals surface area contributed by atoms with Crippen LogP contribution in [0.3, 0.4) is 0 Å². The van der Waals surface area contributed by atoms with E-state index < -0.39 is 0 Å². The van der Waals surface area contributed by atoms with Crippen LogP contribution < -0.4 is 0 Å². The van der Waals surface area contributed by atoms with Crippen LogP contribution >= 0.6 is 0 Å². The van der Waals surface area contributed by atoms with E-state index in [0.717, 1.165) is 0 Å². The molecule has 0 amide bonds. The molecule has 0 saturated carbocycles. The Bertz CT molecular complexity index is 1590. The van der Waals surface area contributed by atoms with Crippen LogP contribution in [0.2, 0.25) is 0 Å². The lowest BCUT2D eigenvalue weighted by molar-refractivity contribution is 0.347. The van der Waals surface area contributed by atoms with E-state index in [-0.39, 0.29) is 22.2 Å². The summed E-state index contributed by atoms with van der Waals surface area (Å²) in [6.07, 6.45) is 14.3. The van der Waals surface area contributed by atoms with Crippen LogP contribution in [0, 0.1) is 0 Å². The van der Waals surface area contributed by atoms with Gasteiger partial charge in [-0.2, -0.15) is 0 Å². The van der Waals surface area contributed by atoms with Crippen molar-refractivity contribution in [1.29, 1.82) is 0 Å². The van der Waals surface area contributed by atoms with Gasteiger partial charge >= 0.3 is 0 Å². The summed E-state index contributed by atoms with van der Waals surface area (Å²) in [4.78, 5) is 0. The van der Waals surface area contributed by atoms with Gasteiger partial charge in [-0.05, 0) is 124 Å². The van der Waals surface area contributed by atoms with Crippen LogP contribution in [0.1, 0.15) is 83.1 Å². The molecule has 4 heterocycles. The largest absolute Gasteiger partial charge is 0.349 e. The molecule has 0 aliphatic heterocycles. The Kier molecular flexibility index (Phi) is 10.7. The smallest absolute Gasteiger partial charge is 0.0693 e. The van der Waals surface area contributed by atoms with Gasteiger partial charge in [-0.25, -0.2) is 4.68 Å². The number of aromatic nitrogens is 6. The second-order valence-corrected chi connectivity index (χ2v) is 15.2. The van der Waals surface area contributed by atoms with E-state index in [9.17, 15) is 0 Å². The maximum absolute atomic E-state index is 3.85. The second-order valence-electron chi connectivity index (χ2n) is 15.2. The summed E-state index contributed by atoms with van der Waals surface area (Å²) < 4.78 is 8.58. The molecule has 2 aromatic carbocycles. The van der Waals surface area contributed by atoms with Gasteiger partial charge in [0.15, 0.2) is 0 Å². The average molecular weight is 595 g/mol. The highest BCUT2D eigenvalue weighted by molar-refractivity contribution is 5.82. The van der Waals surface area contributed by atoms with E-state index in [0.29, 0.717) is 0 Å². The average Bonchev–Trinajstić information content (AvgIpc) is 3.74. The summed E-state index contributed by atoms with van der Waals surface area (Å²) >= 11 is 0. The number of rotatable bonds is 0. The molecule has 6 aromatic rings. The van der Waals surface area contributed by atoms with Gasteiger partial charge in [0.25, 0.3) is 0 Å². The monoisotopic (exact) mass is 594 g/mol. The molecule has 0 saturated heterocycles. The molecule has 0 N–H and O–H groups in total. The van der Waals surface area contributed by atoms with E-state index in [4.69, 9.17) is 0 Å². The number of hydrogen-bond donors (Lipinski definition) is 0. The van der Waals surface area contributed by atoms with Gasteiger partial charge in [0.1, 0.15) is 0 Å². The zero-order valence-electron chi connectivity index (χ0n) is 29.1. The molecule has 4 aromatic heterocycles. The van der Waals surface area contributed by atoms with Crippen molar-refractivity contribution in [2.45, 2.75) is 105 Å². The number of para-hydroxylation sites is 1. The lowest BCUT2D eigenvalue weighted by Crippen LogP contribution is -2.22. The zero-order chi connectivity index (χ0) is 32.8. The molecule has 0 atom stereocenters. The first kappa shape index (κ1) is 34.4. The van der Waals surface area contributed by atoms with Gasteiger partial charge < -0.3 is 13.7 Å². The molecule has 0 unspecified atom stereocenters. The first-order chi connectivity index (χ1) is 20.4. The van der Waals surface area contributed by atoms with Crippen molar-refractivity contribution in [2.24, 2.45) is 0 Å². The molecular formula is C38H54N6. The molecule has 44 heavy (non-hydrogen) atoms. The molecule has 0 aliphatic carbocycles. The van der Waals surface area contributed by atoms with Gasteiger partial charge in [0, 0.05) is 59.3 Å². The number of benzene rings is 2. The summed E-state index contributed by atoms with van der Waals surface area (Å²) in [7, 11) is 0. The standard InChI is InChI=1S/2C12H15N.C8H13N.C6H11N3/c1-12(2,3)13-8-10-6-4-5-7-11(10)9-13;1-12(2,3)13-9-8-10-6-4-5-7-11(10)13;1-8(2,3)9-6-4-5-7-9;1-6(2,3)9-5-4-7-8-9/h2*4-9H,1-3H3;4-7H,1-3H3;4-5H,1-3H3. The third-order valence-electron chi connectivity index (χ3n) is 7.14. The topological polar surface area (TPSA) is 45.5 Å². The van der Waals surface area contributed by atoms with Crippen LogP contribution in [0.5, 0.6) is 0 Å². The van der Waals surface area contributed by atoms with Gasteiger partial charge in [0.05, 0.1) is 11.7 Å². The van der Waals surface area contributed by atoms with Gasteiger partial charge in [0.2, 0.25) is 0 Å². The minimum atomic E-state index is 0.0660. The van der Waals surface area contributed by atoms with E-state index in [1.807, 2.05) is 23.0 Å². The lowest BCUT2D eigenvalue weighted by Gasteiger charge is -2.22. The number of fused-ring (bicyclic) bond motifs is 2. The fourth-order valence-electron chi connectivity index (χ4n) is 4.49. The molecule has 0 spiro atoms. The molecule has 236 valence electrons. The van der Waals surface area contributed by atoms with E-state index in [1.54, 1.807) is 6.20 Å². The molecule has 6 heteroatoms. The highest BCUT2D eigenvalue weighted by Gasteiger charge is 2.15. The van der Waals surface area contributed by atoms with Crippen LogP contribution in [-0.4, -0.2) is 28.7 Å². The predicted octanol–water partition coefficient (Wildman–Crippen LogP) is 10.1. The van der Waals surface area contributed by atoms with Crippen molar-refractivity contribution >= 4 is 21.7 Å². The highest BCUT2D eigenvalue weighted by atomic mass is 15.4. The summed E-state index contributed by atoms with van der Waals surface area (Å²) in [6.45, 7) is 26.1. The first-order valence-corrected chi connectivity index (χ1v) is 15.5. The van der Waals surface area contributed by atoms with Crippen LogP contribution in [0.15, 0.2) is 110 Å². The van der Waals surface area contributed by atoms with Crippen molar-refractivity contribution in [3.8, 4) is 0 Å². The summed E-state index contributed by atoms with van der Waals surface area (Å²) in [5.74, 6) is 0.